The molecule has 64 valence electrons. The van der Waals surface area contributed by atoms with Crippen molar-refractivity contribution in [2.45, 2.75) is 6.54 Å². The van der Waals surface area contributed by atoms with Gasteiger partial charge in [0.05, 0.1) is 0 Å². The van der Waals surface area contributed by atoms with Crippen molar-refractivity contribution in [2.75, 3.05) is 0 Å². The number of aromatic nitrogens is 2. The van der Waals surface area contributed by atoms with E-state index in [-0.39, 0.29) is 12.2 Å². The molecule has 0 spiro atoms. The van der Waals surface area contributed by atoms with Crippen LogP contribution in [0.25, 0.3) is 0 Å². The van der Waals surface area contributed by atoms with E-state index in [1.54, 1.807) is 0 Å². The molecule has 0 unspecified atom stereocenters. The van der Waals surface area contributed by atoms with Gasteiger partial charge < -0.3 is 10.1 Å². The van der Waals surface area contributed by atoms with E-state index in [0.29, 0.717) is 0 Å². The van der Waals surface area contributed by atoms with E-state index >= 15 is 0 Å². The van der Waals surface area contributed by atoms with Crippen LogP contribution in [0.3, 0.4) is 0 Å². The van der Waals surface area contributed by atoms with Crippen LogP contribution in [0, 0.1) is 0 Å². The Balaban J connectivity index is 3.21. The van der Waals surface area contributed by atoms with Gasteiger partial charge in [0.2, 0.25) is 0 Å². The second kappa shape index (κ2) is 3.08. The van der Waals surface area contributed by atoms with Crippen molar-refractivity contribution in [1.29, 1.82) is 0 Å². The van der Waals surface area contributed by atoms with E-state index in [1.165, 1.54) is 6.08 Å². The number of aromatic amines is 1. The average molecular weight is 168 g/mol. The zero-order chi connectivity index (χ0) is 9.14. The maximum Gasteiger partial charge on any atom is 0.354 e. The molecule has 2 N–H and O–H groups in total. The van der Waals surface area contributed by atoms with Crippen molar-refractivity contribution in [3.8, 4) is 0 Å². The third kappa shape index (κ3) is 1.29. The molecular formula is C7H8N2O3. The van der Waals surface area contributed by atoms with Gasteiger partial charge in [-0.1, -0.05) is 6.08 Å². The Labute approximate surface area is 68.0 Å². The van der Waals surface area contributed by atoms with Crippen molar-refractivity contribution < 1.29 is 9.90 Å². The van der Waals surface area contributed by atoms with Crippen LogP contribution >= 0.6 is 0 Å². The second-order valence-corrected chi connectivity index (χ2v) is 2.18. The molecule has 0 aliphatic carbocycles. The smallest absolute Gasteiger partial charge is 0.354 e. The van der Waals surface area contributed by atoms with Crippen molar-refractivity contribution in [3.05, 3.63) is 35.0 Å². The average Bonchev–Trinajstić information content (AvgIpc) is 2.34. The molecule has 1 aromatic rings. The van der Waals surface area contributed by atoms with Gasteiger partial charge in [-0.3, -0.25) is 4.57 Å². The molecule has 12 heavy (non-hydrogen) atoms. The van der Waals surface area contributed by atoms with Gasteiger partial charge in [-0.15, -0.1) is 6.58 Å². The number of rotatable bonds is 3. The van der Waals surface area contributed by atoms with E-state index in [1.807, 2.05) is 0 Å². The molecule has 0 saturated carbocycles. The Morgan fingerprint density at radius 1 is 1.83 bits per heavy atom. The van der Waals surface area contributed by atoms with Crippen LogP contribution in [-0.2, 0) is 6.54 Å². The van der Waals surface area contributed by atoms with E-state index in [9.17, 15) is 9.59 Å². The van der Waals surface area contributed by atoms with Gasteiger partial charge in [-0.05, 0) is 0 Å². The van der Waals surface area contributed by atoms with Crippen LogP contribution in [-0.4, -0.2) is 20.6 Å². The standard InChI is InChI=1S/C7H8N2O3/c1-2-3-9-5(6(10)11)4-8-7(9)12/h2,4H,1,3H2,(H,8,12)(H,10,11). The van der Waals surface area contributed by atoms with Gasteiger partial charge in [0.15, 0.2) is 0 Å². The first-order valence-electron chi connectivity index (χ1n) is 3.29. The monoisotopic (exact) mass is 168 g/mol. The summed E-state index contributed by atoms with van der Waals surface area (Å²) in [5, 5.41) is 8.59. The number of aromatic carboxylic acids is 1. The van der Waals surface area contributed by atoms with Crippen LogP contribution < -0.4 is 5.69 Å². The van der Waals surface area contributed by atoms with E-state index in [2.05, 4.69) is 11.6 Å². The van der Waals surface area contributed by atoms with Crippen molar-refractivity contribution in [3.63, 3.8) is 0 Å². The number of nitrogens with one attached hydrogen (secondary N) is 1. The van der Waals surface area contributed by atoms with Gasteiger partial charge in [0.25, 0.3) is 0 Å². The van der Waals surface area contributed by atoms with E-state index < -0.39 is 11.7 Å². The van der Waals surface area contributed by atoms with Crippen LogP contribution in [0.2, 0.25) is 0 Å². The van der Waals surface area contributed by atoms with Crippen LogP contribution in [0.5, 0.6) is 0 Å². The molecule has 0 fully saturated rings. The molecule has 1 aromatic heterocycles. The summed E-state index contributed by atoms with van der Waals surface area (Å²) in [7, 11) is 0. The highest BCUT2D eigenvalue weighted by molar-refractivity contribution is 5.85. The van der Waals surface area contributed by atoms with Crippen molar-refractivity contribution >= 4 is 5.97 Å². The Kier molecular flexibility index (Phi) is 2.14. The summed E-state index contributed by atoms with van der Waals surface area (Å²) in [5.74, 6) is -1.13. The van der Waals surface area contributed by atoms with Gasteiger partial charge in [0.1, 0.15) is 5.69 Å². The Bertz CT molecular complexity index is 361. The maximum absolute atomic E-state index is 10.9. The first-order chi connectivity index (χ1) is 5.66. The number of hydrogen-bond donors (Lipinski definition) is 2. The predicted molar refractivity (Wildman–Crippen MR) is 42.2 cm³/mol. The Morgan fingerprint density at radius 2 is 2.50 bits per heavy atom. The summed E-state index contributed by atoms with van der Waals surface area (Å²) in [6.07, 6.45) is 2.62. The van der Waals surface area contributed by atoms with Crippen LogP contribution in [0.1, 0.15) is 10.5 Å². The van der Waals surface area contributed by atoms with Crippen molar-refractivity contribution in [1.82, 2.24) is 9.55 Å². The van der Waals surface area contributed by atoms with E-state index in [4.69, 9.17) is 5.11 Å². The highest BCUT2D eigenvalue weighted by Gasteiger charge is 2.10. The van der Waals surface area contributed by atoms with Crippen LogP contribution in [0.4, 0.5) is 0 Å². The lowest BCUT2D eigenvalue weighted by molar-refractivity contribution is 0.0685. The molecule has 5 nitrogen and oxygen atoms in total. The first kappa shape index (κ1) is 8.32. The molecule has 0 aliphatic rings. The number of nitrogens with zero attached hydrogens (tertiary/aromatic N) is 1. The molecule has 0 saturated heterocycles. The number of imidazole rings is 1. The minimum atomic E-state index is -1.13. The SMILES string of the molecule is C=CCn1c(C(=O)O)c[nH]c1=O. The maximum atomic E-state index is 10.9. The summed E-state index contributed by atoms with van der Waals surface area (Å²) in [5.41, 5.74) is -0.493. The second-order valence-electron chi connectivity index (χ2n) is 2.18. The number of carboxylic acids is 1. The molecular weight excluding hydrogens is 160 g/mol. The third-order valence-electron chi connectivity index (χ3n) is 1.40. The van der Waals surface area contributed by atoms with E-state index in [0.717, 1.165) is 10.8 Å². The molecule has 0 aromatic carbocycles. The number of hydrogen-bond acceptors (Lipinski definition) is 2. The minimum absolute atomic E-state index is 0.0556. The summed E-state index contributed by atoms with van der Waals surface area (Å²) in [6, 6.07) is 0. The molecule has 0 radical (unpaired) electrons. The van der Waals surface area contributed by atoms with Gasteiger partial charge in [-0.2, -0.15) is 0 Å². The third-order valence-corrected chi connectivity index (χ3v) is 1.40. The largest absolute Gasteiger partial charge is 0.477 e. The number of carbonyl (C=O) groups is 1. The quantitative estimate of drug-likeness (QED) is 0.626. The predicted octanol–water partition coefficient (Wildman–Crippen LogP) is 0.0606. The summed E-state index contributed by atoms with van der Waals surface area (Å²) < 4.78 is 1.09. The molecule has 1 rings (SSSR count). The molecule has 0 aliphatic heterocycles. The lowest BCUT2D eigenvalue weighted by Gasteiger charge is -1.97. The minimum Gasteiger partial charge on any atom is -0.477 e. The lowest BCUT2D eigenvalue weighted by Crippen LogP contribution is -2.20. The normalized spacial score (nSPS) is 9.67. The number of H-pyrrole nitrogens is 1. The zero-order valence-corrected chi connectivity index (χ0v) is 6.28. The fraction of sp³-hybridized carbons (Fsp3) is 0.143. The molecule has 0 amide bonds. The fourth-order valence-electron chi connectivity index (χ4n) is 0.883. The molecule has 0 bridgehead atoms. The molecule has 5 heteroatoms. The lowest BCUT2D eigenvalue weighted by atomic mass is 10.4. The highest BCUT2D eigenvalue weighted by Crippen LogP contribution is 1.94. The van der Waals surface area contributed by atoms with Gasteiger partial charge in [-0.25, -0.2) is 9.59 Å². The Hall–Kier alpha value is -1.78. The fourth-order valence-corrected chi connectivity index (χ4v) is 0.883. The number of carboxylic acid groups (broad SMARTS) is 1. The molecule has 1 heterocycles. The van der Waals surface area contributed by atoms with Crippen molar-refractivity contribution in [2.24, 2.45) is 0 Å². The zero-order valence-electron chi connectivity index (χ0n) is 6.28. The van der Waals surface area contributed by atoms with Gasteiger partial charge in [0, 0.05) is 12.7 Å². The highest BCUT2D eigenvalue weighted by atomic mass is 16.4. The topological polar surface area (TPSA) is 75.1 Å². The number of allylic oxidation sites excluding steroid dienone is 1. The Morgan fingerprint density at radius 3 is 3.00 bits per heavy atom. The summed E-state index contributed by atoms with van der Waals surface area (Å²) in [6.45, 7) is 3.61. The first-order valence-corrected chi connectivity index (χ1v) is 3.29. The van der Waals surface area contributed by atoms with Gasteiger partial charge >= 0.3 is 11.7 Å². The van der Waals surface area contributed by atoms with Crippen LogP contribution in [0.15, 0.2) is 23.6 Å². The summed E-state index contributed by atoms with van der Waals surface area (Å²) in [4.78, 5) is 23.7. The summed E-state index contributed by atoms with van der Waals surface area (Å²) >= 11 is 0. The molecule has 0 atom stereocenters.